The van der Waals surface area contributed by atoms with Crippen molar-refractivity contribution in [2.75, 3.05) is 17.7 Å². The van der Waals surface area contributed by atoms with Gasteiger partial charge in [-0.3, -0.25) is 4.79 Å². The summed E-state index contributed by atoms with van der Waals surface area (Å²) in [6.45, 7) is 5.82. The molecule has 2 heterocycles. The highest BCUT2D eigenvalue weighted by molar-refractivity contribution is 7.99. The molecule has 3 aromatic rings. The minimum atomic E-state index is -0.416. The van der Waals surface area contributed by atoms with Crippen molar-refractivity contribution in [3.8, 4) is 0 Å². The molecule has 0 radical (unpaired) electrons. The topological polar surface area (TPSA) is 86.1 Å². The van der Waals surface area contributed by atoms with Gasteiger partial charge in [0.25, 0.3) is 0 Å². The first-order chi connectivity index (χ1) is 14.4. The van der Waals surface area contributed by atoms with Crippen LogP contribution in [0.15, 0.2) is 35.5 Å². The molecule has 2 aromatic heterocycles. The Balaban J connectivity index is 1.63. The van der Waals surface area contributed by atoms with Gasteiger partial charge in [-0.15, -0.1) is 21.5 Å². The van der Waals surface area contributed by atoms with Gasteiger partial charge in [-0.2, -0.15) is 0 Å². The fourth-order valence-corrected chi connectivity index (χ4v) is 4.65. The van der Waals surface area contributed by atoms with Gasteiger partial charge in [-0.05, 0) is 31.9 Å². The largest absolute Gasteiger partial charge is 0.462 e. The normalized spacial score (nSPS) is 10.8. The van der Waals surface area contributed by atoms with E-state index in [0.717, 1.165) is 21.8 Å². The summed E-state index contributed by atoms with van der Waals surface area (Å²) in [5.41, 5.74) is 2.42. The summed E-state index contributed by atoms with van der Waals surface area (Å²) in [5.74, 6) is 0.369. The van der Waals surface area contributed by atoms with Crippen LogP contribution in [0.3, 0.4) is 0 Å². The van der Waals surface area contributed by atoms with Gasteiger partial charge >= 0.3 is 5.97 Å². The maximum atomic E-state index is 12.5. The van der Waals surface area contributed by atoms with E-state index in [0.29, 0.717) is 22.1 Å². The second-order valence-corrected chi connectivity index (χ2v) is 8.83. The lowest BCUT2D eigenvalue weighted by Crippen LogP contribution is -2.16. The first-order valence-electron chi connectivity index (χ1n) is 9.52. The average molecular weight is 445 g/mol. The number of nitrogens with one attached hydrogen (secondary N) is 1. The van der Waals surface area contributed by atoms with Gasteiger partial charge in [-0.1, -0.05) is 42.1 Å². The van der Waals surface area contributed by atoms with E-state index in [1.807, 2.05) is 55.8 Å². The molecule has 7 nitrogen and oxygen atoms in total. The number of carbonyl (C=O) groups excluding carboxylic acids is 2. The highest BCUT2D eigenvalue weighted by Gasteiger charge is 2.22. The van der Waals surface area contributed by atoms with E-state index in [1.54, 1.807) is 6.92 Å². The van der Waals surface area contributed by atoms with Crippen molar-refractivity contribution in [1.29, 1.82) is 0 Å². The fraction of sp³-hybridized carbons (Fsp3) is 0.333. The molecule has 9 heteroatoms. The summed E-state index contributed by atoms with van der Waals surface area (Å²) in [7, 11) is 1.89. The number of hydrogen-bond acceptors (Lipinski definition) is 7. The number of anilines is 1. The Labute approximate surface area is 183 Å². The molecular formula is C21H24N4O3S2. The van der Waals surface area contributed by atoms with Gasteiger partial charge in [0, 0.05) is 18.3 Å². The Morgan fingerprint density at radius 3 is 2.63 bits per heavy atom. The van der Waals surface area contributed by atoms with Gasteiger partial charge in [-0.25, -0.2) is 4.79 Å². The number of nitrogens with zero attached hydrogens (tertiary/aromatic N) is 3. The third-order valence-electron chi connectivity index (χ3n) is 4.58. The molecule has 0 bridgehead atoms. The molecule has 158 valence electrons. The van der Waals surface area contributed by atoms with Gasteiger partial charge < -0.3 is 14.6 Å². The van der Waals surface area contributed by atoms with E-state index in [1.165, 1.54) is 23.1 Å². The fourth-order valence-electron chi connectivity index (χ4n) is 2.86. The summed E-state index contributed by atoms with van der Waals surface area (Å²) in [6, 6.07) is 10.0. The molecule has 0 atom stereocenters. The predicted octanol–water partition coefficient (Wildman–Crippen LogP) is 3.99. The van der Waals surface area contributed by atoms with Crippen LogP contribution < -0.4 is 5.32 Å². The number of hydrogen-bond donors (Lipinski definition) is 1. The summed E-state index contributed by atoms with van der Waals surface area (Å²) in [4.78, 5) is 25.7. The first-order valence-corrected chi connectivity index (χ1v) is 11.3. The molecule has 0 spiro atoms. The molecule has 1 aromatic carbocycles. The zero-order chi connectivity index (χ0) is 21.7. The van der Waals surface area contributed by atoms with E-state index in [-0.39, 0.29) is 18.3 Å². The number of amides is 1. The molecule has 30 heavy (non-hydrogen) atoms. The minimum absolute atomic E-state index is 0.162. The SMILES string of the molecule is CCOC(=O)c1c(NC(=O)CSc2nnc(Cc3ccccc3)n2C)sc(C)c1C. The molecule has 1 amide bonds. The van der Waals surface area contributed by atoms with E-state index in [2.05, 4.69) is 15.5 Å². The third-order valence-corrected chi connectivity index (χ3v) is 6.72. The van der Waals surface area contributed by atoms with E-state index in [9.17, 15) is 9.59 Å². The van der Waals surface area contributed by atoms with E-state index in [4.69, 9.17) is 4.74 Å². The molecule has 0 aliphatic rings. The van der Waals surface area contributed by atoms with Crippen molar-refractivity contribution in [1.82, 2.24) is 14.8 Å². The molecule has 0 saturated carbocycles. The van der Waals surface area contributed by atoms with Crippen LogP contribution in [0.5, 0.6) is 0 Å². The average Bonchev–Trinajstić information content (AvgIpc) is 3.20. The summed E-state index contributed by atoms with van der Waals surface area (Å²) < 4.78 is 7.03. The van der Waals surface area contributed by atoms with Crippen molar-refractivity contribution < 1.29 is 14.3 Å². The summed E-state index contributed by atoms with van der Waals surface area (Å²) in [5, 5.41) is 12.5. The lowest BCUT2D eigenvalue weighted by Gasteiger charge is -2.07. The number of esters is 1. The standard InChI is InChI=1S/C21H24N4O3S2/c1-5-28-20(27)18-13(2)14(3)30-19(18)22-17(26)12-29-21-24-23-16(25(21)4)11-15-9-7-6-8-10-15/h6-10H,5,11-12H2,1-4H3,(H,22,26). The highest BCUT2D eigenvalue weighted by Crippen LogP contribution is 2.33. The lowest BCUT2D eigenvalue weighted by atomic mass is 10.1. The summed E-state index contributed by atoms with van der Waals surface area (Å²) in [6.07, 6.45) is 0.674. The maximum Gasteiger partial charge on any atom is 0.341 e. The molecule has 0 fully saturated rings. The number of rotatable bonds is 8. The second-order valence-electron chi connectivity index (χ2n) is 6.66. The van der Waals surface area contributed by atoms with Crippen molar-refractivity contribution >= 4 is 40.0 Å². The van der Waals surface area contributed by atoms with Crippen molar-refractivity contribution in [2.45, 2.75) is 32.3 Å². The van der Waals surface area contributed by atoms with Crippen molar-refractivity contribution in [2.24, 2.45) is 7.05 Å². The lowest BCUT2D eigenvalue weighted by molar-refractivity contribution is -0.113. The Kier molecular flexibility index (Phi) is 7.28. The molecule has 0 aliphatic heterocycles. The quantitative estimate of drug-likeness (QED) is 0.418. The third kappa shape index (κ3) is 5.09. The van der Waals surface area contributed by atoms with Crippen LogP contribution >= 0.6 is 23.1 Å². The number of aromatic nitrogens is 3. The molecule has 3 rings (SSSR count). The Hall–Kier alpha value is -2.65. The number of ether oxygens (including phenoxy) is 1. The van der Waals surface area contributed by atoms with Gasteiger partial charge in [0.15, 0.2) is 5.16 Å². The van der Waals surface area contributed by atoms with Crippen molar-refractivity contribution in [3.05, 3.63) is 57.7 Å². The van der Waals surface area contributed by atoms with Crippen LogP contribution in [-0.2, 0) is 23.0 Å². The number of thiophene rings is 1. The van der Waals surface area contributed by atoms with Gasteiger partial charge in [0.1, 0.15) is 10.8 Å². The number of benzene rings is 1. The Morgan fingerprint density at radius 2 is 1.93 bits per heavy atom. The Morgan fingerprint density at radius 1 is 1.20 bits per heavy atom. The van der Waals surface area contributed by atoms with Crippen molar-refractivity contribution in [3.63, 3.8) is 0 Å². The number of thioether (sulfide) groups is 1. The molecular weight excluding hydrogens is 420 g/mol. The minimum Gasteiger partial charge on any atom is -0.462 e. The van der Waals surface area contributed by atoms with Crippen LogP contribution in [0, 0.1) is 13.8 Å². The van der Waals surface area contributed by atoms with Crippen LogP contribution in [0.25, 0.3) is 0 Å². The molecule has 0 unspecified atom stereocenters. The number of aryl methyl sites for hydroxylation is 1. The van der Waals surface area contributed by atoms with E-state index < -0.39 is 5.97 Å². The van der Waals surface area contributed by atoms with Gasteiger partial charge in [0.05, 0.1) is 17.9 Å². The smallest absolute Gasteiger partial charge is 0.341 e. The highest BCUT2D eigenvalue weighted by atomic mass is 32.2. The number of carbonyl (C=O) groups is 2. The van der Waals surface area contributed by atoms with Gasteiger partial charge in [0.2, 0.25) is 5.91 Å². The van der Waals surface area contributed by atoms with E-state index >= 15 is 0 Å². The monoisotopic (exact) mass is 444 g/mol. The molecule has 1 N–H and O–H groups in total. The van der Waals surface area contributed by atoms with Crippen LogP contribution in [0.4, 0.5) is 5.00 Å². The first kappa shape index (κ1) is 22.0. The van der Waals surface area contributed by atoms with Crippen LogP contribution in [0.2, 0.25) is 0 Å². The molecule has 0 aliphatic carbocycles. The summed E-state index contributed by atoms with van der Waals surface area (Å²) >= 11 is 2.69. The zero-order valence-corrected chi connectivity index (χ0v) is 19.0. The molecule has 0 saturated heterocycles. The maximum absolute atomic E-state index is 12.5. The van der Waals surface area contributed by atoms with Crippen LogP contribution in [0.1, 0.15) is 39.1 Å². The zero-order valence-electron chi connectivity index (χ0n) is 17.4. The Bertz CT molecular complexity index is 1040. The van der Waals surface area contributed by atoms with Crippen LogP contribution in [-0.4, -0.2) is 39.0 Å². The second kappa shape index (κ2) is 9.90. The predicted molar refractivity (Wildman–Crippen MR) is 119 cm³/mol.